The highest BCUT2D eigenvalue weighted by Gasteiger charge is 2.24. The molecule has 168 valence electrons. The van der Waals surface area contributed by atoms with E-state index in [0.717, 1.165) is 0 Å². The van der Waals surface area contributed by atoms with Crippen LogP contribution in [0.5, 0.6) is 0 Å². The quantitative estimate of drug-likeness (QED) is 0.176. The molecule has 0 amide bonds. The van der Waals surface area contributed by atoms with Gasteiger partial charge >= 0.3 is 18.2 Å². The minimum atomic E-state index is -4.67. The number of quaternary nitrogens is 1. The van der Waals surface area contributed by atoms with E-state index in [4.69, 9.17) is 36.8 Å². The van der Waals surface area contributed by atoms with E-state index in [1.54, 1.807) is 0 Å². The van der Waals surface area contributed by atoms with Gasteiger partial charge in [-0.25, -0.2) is 4.57 Å². The summed E-state index contributed by atoms with van der Waals surface area (Å²) in [6.07, 6.45) is 11.1. The van der Waals surface area contributed by atoms with Gasteiger partial charge in [-0.2, -0.15) is 8.42 Å². The molecule has 0 saturated carbocycles. The maximum Gasteiger partial charge on any atom is 0.466 e. The fourth-order valence-corrected chi connectivity index (χ4v) is 2.64. The van der Waals surface area contributed by atoms with Crippen LogP contribution < -0.4 is 0 Å². The second-order valence-electron chi connectivity index (χ2n) is 6.61. The van der Waals surface area contributed by atoms with Crippen LogP contribution >= 0.6 is 7.82 Å². The molecule has 0 aromatic carbocycles. The Kier molecular flexibility index (Phi) is 21.1. The molecule has 0 heterocycles. The minimum absolute atomic E-state index is 1.35. The Labute approximate surface area is 165 Å². The lowest BCUT2D eigenvalue weighted by Gasteiger charge is -2.39. The SMILES string of the molecule is CCCC[N+](CCCC)(CCCC)CCCC.O=P(O)(O)O.O=S(=O)(O)O. The first-order chi connectivity index (χ1) is 12.2. The van der Waals surface area contributed by atoms with E-state index in [1.807, 2.05) is 0 Å². The number of hydrogen-bond acceptors (Lipinski definition) is 3. The van der Waals surface area contributed by atoms with Crippen LogP contribution in [0, 0.1) is 0 Å². The lowest BCUT2D eigenvalue weighted by atomic mass is 10.1. The van der Waals surface area contributed by atoms with Crippen LogP contribution in [0.2, 0.25) is 0 Å². The Morgan fingerprint density at radius 1 is 0.667 bits per heavy atom. The van der Waals surface area contributed by atoms with Crippen molar-refractivity contribution in [3.05, 3.63) is 0 Å². The first-order valence-electron chi connectivity index (χ1n) is 9.57. The van der Waals surface area contributed by atoms with Crippen LogP contribution in [0.4, 0.5) is 0 Å². The summed E-state index contributed by atoms with van der Waals surface area (Å²) in [5.41, 5.74) is 0. The molecule has 0 rings (SSSR count). The summed E-state index contributed by atoms with van der Waals surface area (Å²) >= 11 is 0. The molecule has 0 aromatic heterocycles. The monoisotopic (exact) mass is 438 g/mol. The second kappa shape index (κ2) is 18.0. The van der Waals surface area contributed by atoms with Gasteiger partial charge in [0, 0.05) is 0 Å². The van der Waals surface area contributed by atoms with Crippen molar-refractivity contribution in [1.29, 1.82) is 0 Å². The van der Waals surface area contributed by atoms with E-state index in [0.29, 0.717) is 0 Å². The molecule has 0 spiro atoms. The van der Waals surface area contributed by atoms with Gasteiger partial charge in [0.15, 0.2) is 0 Å². The van der Waals surface area contributed by atoms with Crippen molar-refractivity contribution in [3.63, 3.8) is 0 Å². The highest BCUT2D eigenvalue weighted by molar-refractivity contribution is 7.79. The van der Waals surface area contributed by atoms with E-state index in [2.05, 4.69) is 27.7 Å². The Morgan fingerprint density at radius 3 is 0.926 bits per heavy atom. The topological polar surface area (TPSA) is 152 Å². The number of nitrogens with zero attached hydrogens (tertiary/aromatic N) is 1. The summed E-state index contributed by atoms with van der Waals surface area (Å²) in [4.78, 5) is 21.6. The number of hydrogen-bond donors (Lipinski definition) is 5. The molecule has 0 fully saturated rings. The smallest absolute Gasteiger partial charge is 0.324 e. The predicted octanol–water partition coefficient (Wildman–Crippen LogP) is 3.42. The standard InChI is InChI=1S/C16H36N.H3O4P.H2O4S/c1-5-9-13-17(14-10-6-2,15-11-7-3)16-12-8-4;2*1-5(2,3)4/h5-16H2,1-4H3;(H3,1,2,3,4);(H2,1,2,3,4)/q+1;;. The average Bonchev–Trinajstić information content (AvgIpc) is 2.50. The number of unbranched alkanes of at least 4 members (excludes halogenated alkanes) is 4. The summed E-state index contributed by atoms with van der Waals surface area (Å²) in [5, 5.41) is 0. The molecule has 0 saturated heterocycles. The van der Waals surface area contributed by atoms with E-state index < -0.39 is 18.2 Å². The first-order valence-corrected chi connectivity index (χ1v) is 12.5. The van der Waals surface area contributed by atoms with E-state index in [1.165, 1.54) is 82.0 Å². The van der Waals surface area contributed by atoms with Crippen LogP contribution in [-0.2, 0) is 15.0 Å². The summed E-state index contributed by atoms with van der Waals surface area (Å²) in [5.74, 6) is 0. The minimum Gasteiger partial charge on any atom is -0.324 e. The van der Waals surface area contributed by atoms with E-state index in [9.17, 15) is 0 Å². The van der Waals surface area contributed by atoms with Crippen LogP contribution in [0.3, 0.4) is 0 Å². The Hall–Kier alpha value is -0.0600. The Bertz CT molecular complexity index is 413. The van der Waals surface area contributed by atoms with Gasteiger partial charge in [-0.15, -0.1) is 0 Å². The number of phosphoric acid groups is 1. The summed E-state index contributed by atoms with van der Waals surface area (Å²) in [6, 6.07) is 0. The highest BCUT2D eigenvalue weighted by atomic mass is 32.3. The molecule has 0 aliphatic rings. The largest absolute Gasteiger partial charge is 0.466 e. The molecule has 0 aliphatic heterocycles. The molecule has 9 nitrogen and oxygen atoms in total. The highest BCUT2D eigenvalue weighted by Crippen LogP contribution is 2.25. The molecular formula is C16H41NO8PS+. The molecule has 0 unspecified atom stereocenters. The van der Waals surface area contributed by atoms with Crippen molar-refractivity contribution in [2.24, 2.45) is 0 Å². The first kappa shape index (κ1) is 31.6. The van der Waals surface area contributed by atoms with Crippen LogP contribution in [-0.4, -0.2) is 62.9 Å². The zero-order valence-electron chi connectivity index (χ0n) is 17.2. The van der Waals surface area contributed by atoms with Crippen molar-refractivity contribution in [2.75, 3.05) is 26.2 Å². The maximum absolute atomic E-state index is 8.88. The molecule has 0 aliphatic carbocycles. The van der Waals surface area contributed by atoms with Crippen molar-refractivity contribution in [1.82, 2.24) is 0 Å². The van der Waals surface area contributed by atoms with Crippen LogP contribution in [0.15, 0.2) is 0 Å². The van der Waals surface area contributed by atoms with Crippen molar-refractivity contribution in [2.45, 2.75) is 79.1 Å². The summed E-state index contributed by atoms with van der Waals surface area (Å²) in [6.45, 7) is 15.0. The molecule has 0 aromatic rings. The van der Waals surface area contributed by atoms with Gasteiger partial charge in [0.2, 0.25) is 0 Å². The van der Waals surface area contributed by atoms with Gasteiger partial charge in [0.25, 0.3) is 0 Å². The van der Waals surface area contributed by atoms with Gasteiger partial charge in [0.05, 0.1) is 26.2 Å². The zero-order chi connectivity index (χ0) is 22.0. The molecule has 0 bridgehead atoms. The Balaban J connectivity index is -0.000000471. The third kappa shape index (κ3) is 37.4. The lowest BCUT2D eigenvalue weighted by Crippen LogP contribution is -2.50. The normalized spacial score (nSPS) is 11.9. The van der Waals surface area contributed by atoms with E-state index >= 15 is 0 Å². The average molecular weight is 439 g/mol. The summed E-state index contributed by atoms with van der Waals surface area (Å²) < 4.78 is 41.9. The van der Waals surface area contributed by atoms with Gasteiger partial charge in [-0.05, 0) is 25.7 Å². The molecule has 11 heteroatoms. The third-order valence-electron chi connectivity index (χ3n) is 3.94. The maximum atomic E-state index is 8.88. The van der Waals surface area contributed by atoms with Gasteiger partial charge in [-0.3, -0.25) is 9.11 Å². The molecular weight excluding hydrogens is 397 g/mol. The predicted molar refractivity (Wildman–Crippen MR) is 108 cm³/mol. The van der Waals surface area contributed by atoms with Gasteiger partial charge in [0.1, 0.15) is 0 Å². The van der Waals surface area contributed by atoms with Crippen molar-refractivity contribution in [3.8, 4) is 0 Å². The van der Waals surface area contributed by atoms with Gasteiger partial charge in [-0.1, -0.05) is 53.4 Å². The second-order valence-corrected chi connectivity index (χ2v) is 8.53. The summed E-state index contributed by atoms with van der Waals surface area (Å²) in [7, 11) is -9.31. The molecule has 27 heavy (non-hydrogen) atoms. The number of rotatable bonds is 12. The van der Waals surface area contributed by atoms with Crippen molar-refractivity contribution >= 4 is 18.2 Å². The molecule has 0 atom stereocenters. The Morgan fingerprint density at radius 2 is 0.815 bits per heavy atom. The zero-order valence-corrected chi connectivity index (χ0v) is 19.0. The molecule has 0 radical (unpaired) electrons. The van der Waals surface area contributed by atoms with E-state index in [-0.39, 0.29) is 0 Å². The fraction of sp³-hybridized carbons (Fsp3) is 1.00. The lowest BCUT2D eigenvalue weighted by molar-refractivity contribution is -0.929. The molecule has 5 N–H and O–H groups in total. The third-order valence-corrected chi connectivity index (χ3v) is 3.94. The fourth-order valence-electron chi connectivity index (χ4n) is 2.64. The van der Waals surface area contributed by atoms with Gasteiger partial charge < -0.3 is 19.2 Å². The van der Waals surface area contributed by atoms with Crippen LogP contribution in [0.25, 0.3) is 0 Å². The van der Waals surface area contributed by atoms with Crippen molar-refractivity contribution < 1.29 is 41.3 Å². The van der Waals surface area contributed by atoms with Crippen LogP contribution in [0.1, 0.15) is 79.1 Å².